The third kappa shape index (κ3) is 3.17. The Morgan fingerprint density at radius 1 is 1.28 bits per heavy atom. The van der Waals surface area contributed by atoms with Crippen LogP contribution in [0.15, 0.2) is 24.5 Å². The first-order valence-electron chi connectivity index (χ1n) is 8.49. The van der Waals surface area contributed by atoms with E-state index in [1.165, 1.54) is 16.8 Å². The fourth-order valence-electron chi connectivity index (χ4n) is 3.15. The number of nitrogens with one attached hydrogen (secondary N) is 1. The summed E-state index contributed by atoms with van der Waals surface area (Å²) in [7, 11) is 4.13. The van der Waals surface area contributed by atoms with Crippen LogP contribution in [0.2, 0.25) is 0 Å². The van der Waals surface area contributed by atoms with Crippen LogP contribution in [0.1, 0.15) is 11.1 Å². The lowest BCUT2D eigenvalue weighted by Crippen LogP contribution is -2.20. The summed E-state index contributed by atoms with van der Waals surface area (Å²) in [5.74, 6) is 0.907. The maximum absolute atomic E-state index is 4.77. The molecule has 0 amide bonds. The number of likely N-dealkylation sites (N-methyl/N-ethyl adjacent to an activating group) is 1. The van der Waals surface area contributed by atoms with Crippen molar-refractivity contribution in [1.82, 2.24) is 19.9 Å². The van der Waals surface area contributed by atoms with Crippen molar-refractivity contribution in [2.24, 2.45) is 0 Å². The van der Waals surface area contributed by atoms with Gasteiger partial charge in [-0.25, -0.2) is 15.0 Å². The van der Waals surface area contributed by atoms with Crippen LogP contribution in [0.4, 0.5) is 16.6 Å². The average molecular weight is 354 g/mol. The summed E-state index contributed by atoms with van der Waals surface area (Å²) in [5, 5.41) is 4.29. The third-order valence-electron chi connectivity index (χ3n) is 4.40. The Balaban J connectivity index is 1.66. The SMILES string of the molecule is Cc1ccc2c(c1)CCN2c1ncnc2sc(NCCN(C)C)nc12. The van der Waals surface area contributed by atoms with E-state index in [1.807, 2.05) is 0 Å². The minimum Gasteiger partial charge on any atom is -0.360 e. The Morgan fingerprint density at radius 2 is 2.16 bits per heavy atom. The van der Waals surface area contributed by atoms with Crippen LogP contribution in [0.5, 0.6) is 0 Å². The smallest absolute Gasteiger partial charge is 0.185 e. The van der Waals surface area contributed by atoms with E-state index in [-0.39, 0.29) is 0 Å². The summed E-state index contributed by atoms with van der Waals surface area (Å²) in [6.07, 6.45) is 2.69. The molecule has 4 rings (SSSR count). The van der Waals surface area contributed by atoms with Crippen molar-refractivity contribution in [3.8, 4) is 0 Å². The van der Waals surface area contributed by atoms with E-state index < -0.39 is 0 Å². The van der Waals surface area contributed by atoms with Gasteiger partial charge in [-0.15, -0.1) is 0 Å². The van der Waals surface area contributed by atoms with Gasteiger partial charge in [0.05, 0.1) is 0 Å². The second kappa shape index (κ2) is 6.57. The predicted molar refractivity (Wildman–Crippen MR) is 104 cm³/mol. The zero-order valence-corrected chi connectivity index (χ0v) is 15.6. The molecule has 0 aliphatic carbocycles. The number of nitrogens with zero attached hydrogens (tertiary/aromatic N) is 5. The fourth-order valence-corrected chi connectivity index (χ4v) is 3.98. The Hall–Kier alpha value is -2.25. The summed E-state index contributed by atoms with van der Waals surface area (Å²) in [4.78, 5) is 19.1. The van der Waals surface area contributed by atoms with Crippen molar-refractivity contribution >= 4 is 38.3 Å². The maximum atomic E-state index is 4.77. The first kappa shape index (κ1) is 16.2. The Bertz CT molecular complexity index is 904. The van der Waals surface area contributed by atoms with Crippen molar-refractivity contribution in [2.75, 3.05) is 43.9 Å². The molecule has 0 saturated carbocycles. The van der Waals surface area contributed by atoms with Crippen LogP contribution in [0.25, 0.3) is 10.3 Å². The normalized spacial score (nSPS) is 13.7. The summed E-state index contributed by atoms with van der Waals surface area (Å²) >= 11 is 1.59. The molecule has 0 spiro atoms. The van der Waals surface area contributed by atoms with Gasteiger partial charge in [-0.1, -0.05) is 29.0 Å². The van der Waals surface area contributed by atoms with Crippen molar-refractivity contribution in [3.63, 3.8) is 0 Å². The molecule has 0 saturated heterocycles. The molecular weight excluding hydrogens is 332 g/mol. The number of anilines is 3. The van der Waals surface area contributed by atoms with Crippen LogP contribution >= 0.6 is 11.3 Å². The van der Waals surface area contributed by atoms with Gasteiger partial charge in [0, 0.05) is 25.3 Å². The highest BCUT2D eigenvalue weighted by atomic mass is 32.1. The lowest BCUT2D eigenvalue weighted by atomic mass is 10.1. The van der Waals surface area contributed by atoms with E-state index in [4.69, 9.17) is 4.98 Å². The molecule has 130 valence electrons. The molecule has 1 aliphatic rings. The van der Waals surface area contributed by atoms with Crippen molar-refractivity contribution in [1.29, 1.82) is 0 Å². The number of hydrogen-bond donors (Lipinski definition) is 1. The summed E-state index contributed by atoms with van der Waals surface area (Å²) in [6.45, 7) is 4.90. The van der Waals surface area contributed by atoms with Crippen LogP contribution in [-0.2, 0) is 6.42 Å². The summed E-state index contributed by atoms with van der Waals surface area (Å²) in [5.41, 5.74) is 4.80. The number of fused-ring (bicyclic) bond motifs is 2. The largest absolute Gasteiger partial charge is 0.360 e. The Morgan fingerprint density at radius 3 is 3.00 bits per heavy atom. The topological polar surface area (TPSA) is 57.2 Å². The van der Waals surface area contributed by atoms with Gasteiger partial charge in [0.15, 0.2) is 15.8 Å². The number of rotatable bonds is 5. The number of aromatic nitrogens is 3. The number of hydrogen-bond acceptors (Lipinski definition) is 7. The van der Waals surface area contributed by atoms with E-state index in [1.54, 1.807) is 17.7 Å². The molecular formula is C18H22N6S. The van der Waals surface area contributed by atoms with Gasteiger partial charge in [0.1, 0.15) is 11.8 Å². The fraction of sp³-hybridized carbons (Fsp3) is 0.389. The highest BCUT2D eigenvalue weighted by Gasteiger charge is 2.24. The minimum absolute atomic E-state index is 0.863. The second-order valence-electron chi connectivity index (χ2n) is 6.63. The van der Waals surface area contributed by atoms with Crippen molar-refractivity contribution < 1.29 is 0 Å². The second-order valence-corrected chi connectivity index (χ2v) is 7.61. The molecule has 1 N–H and O–H groups in total. The molecule has 1 aromatic carbocycles. The third-order valence-corrected chi connectivity index (χ3v) is 5.32. The quantitative estimate of drug-likeness (QED) is 0.760. The molecule has 3 aromatic rings. The molecule has 3 heterocycles. The Labute approximate surface area is 151 Å². The highest BCUT2D eigenvalue weighted by Crippen LogP contribution is 2.38. The zero-order valence-electron chi connectivity index (χ0n) is 14.8. The van der Waals surface area contributed by atoms with Gasteiger partial charge in [0.2, 0.25) is 0 Å². The lowest BCUT2D eigenvalue weighted by Gasteiger charge is -2.18. The van der Waals surface area contributed by atoms with E-state index >= 15 is 0 Å². The predicted octanol–water partition coefficient (Wildman–Crippen LogP) is 3.06. The van der Waals surface area contributed by atoms with Gasteiger partial charge >= 0.3 is 0 Å². The molecule has 0 fully saturated rings. The number of aryl methyl sites for hydroxylation is 1. The van der Waals surface area contributed by atoms with Gasteiger partial charge in [-0.05, 0) is 39.1 Å². The molecule has 6 nitrogen and oxygen atoms in total. The van der Waals surface area contributed by atoms with Gasteiger partial charge in [0.25, 0.3) is 0 Å². The highest BCUT2D eigenvalue weighted by molar-refractivity contribution is 7.21. The minimum atomic E-state index is 0.863. The molecule has 0 radical (unpaired) electrons. The van der Waals surface area contributed by atoms with Crippen LogP contribution in [0, 0.1) is 6.92 Å². The van der Waals surface area contributed by atoms with Crippen LogP contribution < -0.4 is 10.2 Å². The standard InChI is InChI=1S/C18H22N6S/c1-12-4-5-14-13(10-12)6-8-24(14)16-15-17(21-11-20-16)25-18(22-15)19-7-9-23(2)3/h4-5,10-11H,6-9H2,1-3H3,(H,19,22). The van der Waals surface area contributed by atoms with E-state index in [0.717, 1.165) is 47.4 Å². The summed E-state index contributed by atoms with van der Waals surface area (Å²) < 4.78 is 0. The number of thiazole rings is 1. The van der Waals surface area contributed by atoms with Gasteiger partial charge < -0.3 is 15.1 Å². The molecule has 0 unspecified atom stereocenters. The van der Waals surface area contributed by atoms with Crippen molar-refractivity contribution in [3.05, 3.63) is 35.7 Å². The molecule has 7 heteroatoms. The molecule has 0 atom stereocenters. The van der Waals surface area contributed by atoms with E-state index in [9.17, 15) is 0 Å². The molecule has 25 heavy (non-hydrogen) atoms. The van der Waals surface area contributed by atoms with Gasteiger partial charge in [-0.2, -0.15) is 0 Å². The maximum Gasteiger partial charge on any atom is 0.185 e. The lowest BCUT2D eigenvalue weighted by molar-refractivity contribution is 0.425. The molecule has 1 aliphatic heterocycles. The summed E-state index contributed by atoms with van der Waals surface area (Å²) in [6, 6.07) is 6.61. The van der Waals surface area contributed by atoms with E-state index in [2.05, 4.69) is 64.3 Å². The monoisotopic (exact) mass is 354 g/mol. The average Bonchev–Trinajstić information content (AvgIpc) is 3.17. The van der Waals surface area contributed by atoms with Crippen LogP contribution in [-0.4, -0.2) is 53.6 Å². The first-order chi connectivity index (χ1) is 12.1. The van der Waals surface area contributed by atoms with Gasteiger partial charge in [-0.3, -0.25) is 0 Å². The molecule has 0 bridgehead atoms. The zero-order chi connectivity index (χ0) is 17.4. The first-order valence-corrected chi connectivity index (χ1v) is 9.30. The number of benzene rings is 1. The van der Waals surface area contributed by atoms with E-state index in [0.29, 0.717) is 0 Å². The molecule has 2 aromatic heterocycles. The Kier molecular flexibility index (Phi) is 4.27. The van der Waals surface area contributed by atoms with Crippen LogP contribution in [0.3, 0.4) is 0 Å². The van der Waals surface area contributed by atoms with Crippen molar-refractivity contribution in [2.45, 2.75) is 13.3 Å².